The number of hydrogen-bond donors (Lipinski definition) is 0. The molecule has 5 rings (SSSR count). The van der Waals surface area contributed by atoms with Gasteiger partial charge in [-0.2, -0.15) is 0 Å². The first-order valence-electron chi connectivity index (χ1n) is 11.2. The summed E-state index contributed by atoms with van der Waals surface area (Å²) in [5.74, 6) is 2.05. The molecule has 2 aromatic carbocycles. The van der Waals surface area contributed by atoms with Crippen LogP contribution >= 0.6 is 11.8 Å². The molecule has 0 unspecified atom stereocenters. The summed E-state index contributed by atoms with van der Waals surface area (Å²) in [4.78, 5) is 2.36. The molecule has 0 atom stereocenters. The first-order valence-corrected chi connectivity index (χ1v) is 12.2. The van der Waals surface area contributed by atoms with Gasteiger partial charge in [-0.3, -0.25) is 4.90 Å². The van der Waals surface area contributed by atoms with Crippen molar-refractivity contribution in [2.75, 3.05) is 32.8 Å². The molecular formula is C24H25FN6O2S. The lowest BCUT2D eigenvalue weighted by molar-refractivity contribution is 0.0361. The monoisotopic (exact) mass is 480 g/mol. The molecule has 0 saturated carbocycles. The van der Waals surface area contributed by atoms with Gasteiger partial charge in [-0.25, -0.2) is 4.39 Å². The van der Waals surface area contributed by atoms with Crippen LogP contribution in [-0.2, 0) is 23.5 Å². The van der Waals surface area contributed by atoms with E-state index in [1.54, 1.807) is 12.1 Å². The van der Waals surface area contributed by atoms with Gasteiger partial charge < -0.3 is 13.7 Å². The first kappa shape index (κ1) is 22.7. The number of rotatable bonds is 9. The molecule has 176 valence electrons. The normalized spacial score (nSPS) is 14.5. The number of nitrogens with zero attached hydrogens (tertiary/aromatic N) is 6. The van der Waals surface area contributed by atoms with Crippen molar-refractivity contribution >= 4 is 11.8 Å². The van der Waals surface area contributed by atoms with Gasteiger partial charge in [0.1, 0.15) is 5.82 Å². The number of hydrogen-bond acceptors (Lipinski definition) is 8. The maximum atomic E-state index is 13.5. The van der Waals surface area contributed by atoms with Gasteiger partial charge >= 0.3 is 0 Å². The molecule has 0 aliphatic carbocycles. The van der Waals surface area contributed by atoms with Gasteiger partial charge in [-0.05, 0) is 29.8 Å². The molecule has 10 heteroatoms. The lowest BCUT2D eigenvalue weighted by Gasteiger charge is -2.27. The van der Waals surface area contributed by atoms with Crippen LogP contribution in [0.1, 0.15) is 17.3 Å². The van der Waals surface area contributed by atoms with Crippen LogP contribution in [0.4, 0.5) is 4.39 Å². The predicted octanol–water partition coefficient (Wildman–Crippen LogP) is 3.68. The summed E-state index contributed by atoms with van der Waals surface area (Å²) in [6.07, 6.45) is 0.600. The summed E-state index contributed by atoms with van der Waals surface area (Å²) >= 11 is 1.50. The highest BCUT2D eigenvalue weighted by atomic mass is 32.2. The first-order chi connectivity index (χ1) is 16.7. The zero-order chi connectivity index (χ0) is 23.2. The Hall–Kier alpha value is -3.08. The molecule has 0 spiro atoms. The maximum absolute atomic E-state index is 13.5. The molecule has 1 aliphatic heterocycles. The molecule has 4 aromatic rings. The quantitative estimate of drug-likeness (QED) is 0.336. The van der Waals surface area contributed by atoms with Crippen molar-refractivity contribution in [3.8, 4) is 11.4 Å². The molecule has 0 amide bonds. The van der Waals surface area contributed by atoms with E-state index in [9.17, 15) is 4.39 Å². The summed E-state index contributed by atoms with van der Waals surface area (Å²) < 4.78 is 26.8. The van der Waals surface area contributed by atoms with Crippen LogP contribution in [0.2, 0.25) is 0 Å². The summed E-state index contributed by atoms with van der Waals surface area (Å²) in [7, 11) is 0. The smallest absolute Gasteiger partial charge is 0.226 e. The third-order valence-electron chi connectivity index (χ3n) is 5.59. The second-order valence-corrected chi connectivity index (χ2v) is 8.90. The van der Waals surface area contributed by atoms with Crippen LogP contribution in [0.25, 0.3) is 11.4 Å². The largest absolute Gasteiger partial charge is 0.424 e. The number of aromatic nitrogens is 5. The molecule has 2 aromatic heterocycles. The Labute approximate surface area is 201 Å². The maximum Gasteiger partial charge on any atom is 0.226 e. The minimum atomic E-state index is -0.277. The molecule has 34 heavy (non-hydrogen) atoms. The second kappa shape index (κ2) is 10.9. The van der Waals surface area contributed by atoms with Gasteiger partial charge in [-0.1, -0.05) is 42.1 Å². The number of ether oxygens (including phenoxy) is 1. The minimum Gasteiger partial charge on any atom is -0.424 e. The summed E-state index contributed by atoms with van der Waals surface area (Å²) in [5, 5.41) is 18.0. The Morgan fingerprint density at radius 3 is 2.41 bits per heavy atom. The number of morpholine rings is 1. The van der Waals surface area contributed by atoms with E-state index in [4.69, 9.17) is 9.15 Å². The molecule has 1 saturated heterocycles. The topological polar surface area (TPSA) is 82.1 Å². The molecule has 1 aliphatic rings. The van der Waals surface area contributed by atoms with Crippen molar-refractivity contribution in [3.05, 3.63) is 77.8 Å². The van der Waals surface area contributed by atoms with Gasteiger partial charge in [0.05, 0.1) is 25.4 Å². The van der Waals surface area contributed by atoms with Crippen LogP contribution in [0.15, 0.2) is 64.2 Å². The summed E-state index contributed by atoms with van der Waals surface area (Å²) in [6, 6.07) is 16.4. The van der Waals surface area contributed by atoms with E-state index in [0.29, 0.717) is 36.3 Å². The molecular weight excluding hydrogens is 455 g/mol. The fraction of sp³-hybridized carbons (Fsp3) is 0.333. The van der Waals surface area contributed by atoms with Gasteiger partial charge in [0.2, 0.25) is 11.8 Å². The molecule has 0 bridgehead atoms. The van der Waals surface area contributed by atoms with E-state index in [2.05, 4.69) is 29.9 Å². The third kappa shape index (κ3) is 5.69. The van der Waals surface area contributed by atoms with E-state index >= 15 is 0 Å². The molecule has 1 fully saturated rings. The fourth-order valence-electron chi connectivity index (χ4n) is 3.79. The molecule has 0 radical (unpaired) electrons. The lowest BCUT2D eigenvalue weighted by Crippen LogP contribution is -2.38. The standard InChI is InChI=1S/C24H25FN6O2S/c25-20-8-6-19(7-9-20)23-28-29-24(31(23)11-10-30-12-14-32-15-13-30)34-17-22-27-26-21(33-22)16-18-4-2-1-3-5-18/h1-9H,10-17H2. The van der Waals surface area contributed by atoms with Crippen LogP contribution in [-0.4, -0.2) is 62.7 Å². The molecule has 0 N–H and O–H groups in total. The summed E-state index contributed by atoms with van der Waals surface area (Å²) in [5.41, 5.74) is 1.95. The van der Waals surface area contributed by atoms with Crippen LogP contribution in [0, 0.1) is 5.82 Å². The van der Waals surface area contributed by atoms with Gasteiger partial charge in [0, 0.05) is 31.7 Å². The van der Waals surface area contributed by atoms with Gasteiger partial charge in [-0.15, -0.1) is 20.4 Å². The SMILES string of the molecule is Fc1ccc(-c2nnc(SCc3nnc(Cc4ccccc4)o3)n2CCN2CCOCC2)cc1. The number of thioether (sulfide) groups is 1. The minimum absolute atomic E-state index is 0.277. The molecule has 8 nitrogen and oxygen atoms in total. The van der Waals surface area contributed by atoms with E-state index in [1.807, 2.05) is 30.3 Å². The van der Waals surface area contributed by atoms with Crippen molar-refractivity contribution in [3.63, 3.8) is 0 Å². The van der Waals surface area contributed by atoms with Crippen LogP contribution in [0.3, 0.4) is 0 Å². The Kier molecular flexibility index (Phi) is 7.28. The van der Waals surface area contributed by atoms with Gasteiger partial charge in [0.15, 0.2) is 11.0 Å². The number of benzene rings is 2. The highest BCUT2D eigenvalue weighted by Gasteiger charge is 2.18. The van der Waals surface area contributed by atoms with Crippen LogP contribution < -0.4 is 0 Å². The Bertz CT molecular complexity index is 1190. The Balaban J connectivity index is 1.30. The second-order valence-electron chi connectivity index (χ2n) is 7.96. The van der Waals surface area contributed by atoms with Crippen molar-refractivity contribution in [1.82, 2.24) is 29.9 Å². The van der Waals surface area contributed by atoms with Crippen molar-refractivity contribution in [2.45, 2.75) is 23.9 Å². The Morgan fingerprint density at radius 1 is 0.853 bits per heavy atom. The summed E-state index contributed by atoms with van der Waals surface area (Å²) in [6.45, 7) is 4.87. The van der Waals surface area contributed by atoms with Crippen molar-refractivity contribution in [2.24, 2.45) is 0 Å². The van der Waals surface area contributed by atoms with E-state index < -0.39 is 0 Å². The third-order valence-corrected chi connectivity index (χ3v) is 6.55. The van der Waals surface area contributed by atoms with Crippen molar-refractivity contribution in [1.29, 1.82) is 0 Å². The lowest BCUT2D eigenvalue weighted by atomic mass is 10.2. The fourth-order valence-corrected chi connectivity index (χ4v) is 4.59. The van der Waals surface area contributed by atoms with Crippen molar-refractivity contribution < 1.29 is 13.5 Å². The average Bonchev–Trinajstić information content (AvgIpc) is 3.50. The zero-order valence-corrected chi connectivity index (χ0v) is 19.5. The van der Waals surface area contributed by atoms with Crippen LogP contribution in [0.5, 0.6) is 0 Å². The number of halogens is 1. The van der Waals surface area contributed by atoms with E-state index in [-0.39, 0.29) is 5.82 Å². The van der Waals surface area contributed by atoms with E-state index in [0.717, 1.165) is 49.1 Å². The Morgan fingerprint density at radius 2 is 1.62 bits per heavy atom. The molecule has 3 heterocycles. The van der Waals surface area contributed by atoms with Gasteiger partial charge in [0.25, 0.3) is 0 Å². The highest BCUT2D eigenvalue weighted by molar-refractivity contribution is 7.98. The highest BCUT2D eigenvalue weighted by Crippen LogP contribution is 2.26. The zero-order valence-electron chi connectivity index (χ0n) is 18.6. The predicted molar refractivity (Wildman–Crippen MR) is 126 cm³/mol. The average molecular weight is 481 g/mol. The van der Waals surface area contributed by atoms with E-state index in [1.165, 1.54) is 23.9 Å².